The minimum atomic E-state index is -0.206. The first kappa shape index (κ1) is 7.92. The first-order valence-corrected chi connectivity index (χ1v) is 4.08. The normalized spacial score (nSPS) is 34.8. The predicted molar refractivity (Wildman–Crippen MR) is 42.1 cm³/mol. The molecule has 2 atom stereocenters. The predicted octanol–water partition coefficient (Wildman–Crippen LogP) is 1.26. The SMILES string of the molecule is CC1CCCOC(=O)C1S. The van der Waals surface area contributed by atoms with Crippen LogP contribution < -0.4 is 0 Å². The quantitative estimate of drug-likeness (QED) is 0.426. The number of esters is 1. The lowest BCUT2D eigenvalue weighted by Crippen LogP contribution is -2.21. The third kappa shape index (κ3) is 1.66. The number of thiol groups is 1. The van der Waals surface area contributed by atoms with Gasteiger partial charge in [-0.1, -0.05) is 6.92 Å². The summed E-state index contributed by atoms with van der Waals surface area (Å²) in [5.41, 5.74) is 0. The summed E-state index contributed by atoms with van der Waals surface area (Å²) in [6, 6.07) is 0. The molecule has 1 heterocycles. The van der Waals surface area contributed by atoms with Crippen LogP contribution in [0.4, 0.5) is 0 Å². The van der Waals surface area contributed by atoms with E-state index in [9.17, 15) is 4.79 Å². The number of cyclic esters (lactones) is 1. The molecule has 58 valence electrons. The summed E-state index contributed by atoms with van der Waals surface area (Å²) in [6.07, 6.45) is 2.02. The van der Waals surface area contributed by atoms with E-state index in [0.29, 0.717) is 12.5 Å². The number of rotatable bonds is 0. The average molecular weight is 160 g/mol. The van der Waals surface area contributed by atoms with Gasteiger partial charge in [0.2, 0.25) is 0 Å². The summed E-state index contributed by atoms with van der Waals surface area (Å²) < 4.78 is 4.87. The van der Waals surface area contributed by atoms with Gasteiger partial charge in [-0.25, -0.2) is 0 Å². The van der Waals surface area contributed by atoms with Crippen molar-refractivity contribution in [3.63, 3.8) is 0 Å². The number of carbonyl (C=O) groups is 1. The van der Waals surface area contributed by atoms with E-state index in [1.165, 1.54) is 0 Å². The molecule has 1 aliphatic heterocycles. The molecule has 0 N–H and O–H groups in total. The van der Waals surface area contributed by atoms with E-state index in [0.717, 1.165) is 12.8 Å². The fourth-order valence-corrected chi connectivity index (χ4v) is 1.28. The van der Waals surface area contributed by atoms with E-state index in [-0.39, 0.29) is 11.2 Å². The van der Waals surface area contributed by atoms with Gasteiger partial charge in [-0.05, 0) is 18.8 Å². The molecule has 1 saturated heterocycles. The van der Waals surface area contributed by atoms with Gasteiger partial charge in [0.25, 0.3) is 0 Å². The smallest absolute Gasteiger partial charge is 0.319 e. The molecule has 1 aliphatic rings. The van der Waals surface area contributed by atoms with Crippen molar-refractivity contribution >= 4 is 18.6 Å². The molecule has 0 aromatic carbocycles. The minimum absolute atomic E-state index is 0.159. The van der Waals surface area contributed by atoms with Crippen molar-refractivity contribution in [2.75, 3.05) is 6.61 Å². The molecule has 1 fully saturated rings. The number of ether oxygens (including phenoxy) is 1. The van der Waals surface area contributed by atoms with Gasteiger partial charge >= 0.3 is 5.97 Å². The Balaban J connectivity index is 2.55. The summed E-state index contributed by atoms with van der Waals surface area (Å²) >= 11 is 4.15. The molecular formula is C7H12O2S. The molecule has 0 aromatic rings. The van der Waals surface area contributed by atoms with Crippen molar-refractivity contribution < 1.29 is 9.53 Å². The maximum Gasteiger partial charge on any atom is 0.319 e. The lowest BCUT2D eigenvalue weighted by Gasteiger charge is -2.11. The third-order valence-corrected chi connectivity index (χ3v) is 2.55. The average Bonchev–Trinajstić information content (AvgIpc) is 2.04. The van der Waals surface area contributed by atoms with Crippen LogP contribution in [0, 0.1) is 5.92 Å². The van der Waals surface area contributed by atoms with E-state index in [1.54, 1.807) is 0 Å². The van der Waals surface area contributed by atoms with Crippen LogP contribution in [0.2, 0.25) is 0 Å². The fourth-order valence-electron chi connectivity index (χ4n) is 1.05. The molecule has 0 saturated carbocycles. The monoisotopic (exact) mass is 160 g/mol. The number of hydrogen-bond donors (Lipinski definition) is 1. The highest BCUT2D eigenvalue weighted by Gasteiger charge is 2.24. The number of hydrogen-bond acceptors (Lipinski definition) is 3. The minimum Gasteiger partial charge on any atom is -0.465 e. The van der Waals surface area contributed by atoms with Crippen LogP contribution in [-0.2, 0) is 9.53 Å². The van der Waals surface area contributed by atoms with Crippen molar-refractivity contribution in [1.29, 1.82) is 0 Å². The highest BCUT2D eigenvalue weighted by molar-refractivity contribution is 7.81. The Labute approximate surface area is 66.4 Å². The first-order valence-electron chi connectivity index (χ1n) is 3.56. The van der Waals surface area contributed by atoms with Gasteiger partial charge in [0.05, 0.1) is 6.61 Å². The maximum atomic E-state index is 10.9. The first-order chi connectivity index (χ1) is 4.72. The molecule has 10 heavy (non-hydrogen) atoms. The van der Waals surface area contributed by atoms with E-state index < -0.39 is 0 Å². The fraction of sp³-hybridized carbons (Fsp3) is 0.857. The highest BCUT2D eigenvalue weighted by atomic mass is 32.1. The summed E-state index contributed by atoms with van der Waals surface area (Å²) in [4.78, 5) is 10.9. The van der Waals surface area contributed by atoms with Gasteiger partial charge in [0, 0.05) is 0 Å². The van der Waals surface area contributed by atoms with Gasteiger partial charge in [0.15, 0.2) is 0 Å². The molecule has 0 aliphatic carbocycles. The number of carbonyl (C=O) groups excluding carboxylic acids is 1. The van der Waals surface area contributed by atoms with Crippen molar-refractivity contribution in [1.82, 2.24) is 0 Å². The Hall–Kier alpha value is -0.180. The van der Waals surface area contributed by atoms with Crippen LogP contribution in [0.3, 0.4) is 0 Å². The second kappa shape index (κ2) is 3.28. The molecule has 2 nitrogen and oxygen atoms in total. The van der Waals surface area contributed by atoms with Crippen LogP contribution in [0.5, 0.6) is 0 Å². The van der Waals surface area contributed by atoms with Gasteiger partial charge in [-0.3, -0.25) is 4.79 Å². The lowest BCUT2D eigenvalue weighted by atomic mass is 10.0. The molecule has 3 heteroatoms. The van der Waals surface area contributed by atoms with Crippen LogP contribution in [0.1, 0.15) is 19.8 Å². The molecule has 0 radical (unpaired) electrons. The highest BCUT2D eigenvalue weighted by Crippen LogP contribution is 2.20. The van der Waals surface area contributed by atoms with E-state index in [1.807, 2.05) is 6.92 Å². The largest absolute Gasteiger partial charge is 0.465 e. The lowest BCUT2D eigenvalue weighted by molar-refractivity contribution is -0.142. The molecule has 0 amide bonds. The zero-order chi connectivity index (χ0) is 7.56. The summed E-state index contributed by atoms with van der Waals surface area (Å²) in [5, 5.41) is -0.206. The van der Waals surface area contributed by atoms with Gasteiger partial charge in [-0.2, -0.15) is 12.6 Å². The van der Waals surface area contributed by atoms with Crippen molar-refractivity contribution in [3.8, 4) is 0 Å². The standard InChI is InChI=1S/C7H12O2S/c1-5-3-2-4-9-7(8)6(5)10/h5-6,10H,2-4H2,1H3. The summed E-state index contributed by atoms with van der Waals surface area (Å²) in [6.45, 7) is 2.60. The van der Waals surface area contributed by atoms with Crippen molar-refractivity contribution in [3.05, 3.63) is 0 Å². The Morgan fingerprint density at radius 3 is 3.10 bits per heavy atom. The summed E-state index contributed by atoms with van der Waals surface area (Å²) in [5.74, 6) is 0.201. The van der Waals surface area contributed by atoms with Crippen LogP contribution in [-0.4, -0.2) is 17.8 Å². The van der Waals surface area contributed by atoms with E-state index >= 15 is 0 Å². The van der Waals surface area contributed by atoms with Gasteiger partial charge in [0.1, 0.15) is 5.25 Å². The van der Waals surface area contributed by atoms with Gasteiger partial charge in [-0.15, -0.1) is 0 Å². The topological polar surface area (TPSA) is 26.3 Å². The zero-order valence-electron chi connectivity index (χ0n) is 6.04. The third-order valence-electron chi connectivity index (χ3n) is 1.83. The van der Waals surface area contributed by atoms with Crippen LogP contribution in [0.25, 0.3) is 0 Å². The van der Waals surface area contributed by atoms with E-state index in [4.69, 9.17) is 4.74 Å². The molecule has 2 unspecified atom stereocenters. The van der Waals surface area contributed by atoms with Crippen LogP contribution >= 0.6 is 12.6 Å². The Morgan fingerprint density at radius 1 is 1.70 bits per heavy atom. The summed E-state index contributed by atoms with van der Waals surface area (Å²) in [7, 11) is 0. The second-order valence-electron chi connectivity index (χ2n) is 2.73. The van der Waals surface area contributed by atoms with Crippen molar-refractivity contribution in [2.45, 2.75) is 25.0 Å². The Kier molecular flexibility index (Phi) is 2.60. The molecule has 0 bridgehead atoms. The molecule has 1 rings (SSSR count). The molecular weight excluding hydrogens is 148 g/mol. The van der Waals surface area contributed by atoms with Crippen molar-refractivity contribution in [2.24, 2.45) is 5.92 Å². The van der Waals surface area contributed by atoms with Crippen LogP contribution in [0.15, 0.2) is 0 Å². The van der Waals surface area contributed by atoms with Gasteiger partial charge < -0.3 is 4.74 Å². The Morgan fingerprint density at radius 2 is 2.40 bits per heavy atom. The Bertz CT molecular complexity index is 136. The zero-order valence-corrected chi connectivity index (χ0v) is 6.93. The second-order valence-corrected chi connectivity index (χ2v) is 3.29. The molecule has 0 spiro atoms. The maximum absolute atomic E-state index is 10.9. The molecule has 0 aromatic heterocycles. The van der Waals surface area contributed by atoms with E-state index in [2.05, 4.69) is 12.6 Å².